The Balaban J connectivity index is 1.95. The Hall–Kier alpha value is -1.56. The van der Waals surface area contributed by atoms with Crippen LogP contribution < -0.4 is 10.1 Å². The fourth-order valence-electron chi connectivity index (χ4n) is 5.39. The van der Waals surface area contributed by atoms with E-state index in [-0.39, 0.29) is 11.8 Å². The third-order valence-corrected chi connectivity index (χ3v) is 6.46. The molecule has 0 radical (unpaired) electrons. The standard InChI is InChI=1S/C19H25NO4/c1-4-9-20-14-10-11-5-6-12(21)16-15(11)18(2)17(24-16)13(22)7-8-19(14,18)23-3/h4-6,13-14,17,20-22H,1,7-10H2,2-3H3/t13?,14-,17+,18?,19-/m0/s1. The molecule has 0 amide bonds. The monoisotopic (exact) mass is 331 g/mol. The highest BCUT2D eigenvalue weighted by atomic mass is 16.5. The van der Waals surface area contributed by atoms with Crippen LogP contribution in [0, 0.1) is 0 Å². The topological polar surface area (TPSA) is 71.0 Å². The highest BCUT2D eigenvalue weighted by molar-refractivity contribution is 5.61. The van der Waals surface area contributed by atoms with Crippen LogP contribution in [0.3, 0.4) is 0 Å². The zero-order valence-electron chi connectivity index (χ0n) is 14.2. The Kier molecular flexibility index (Phi) is 3.46. The number of rotatable bonds is 4. The van der Waals surface area contributed by atoms with E-state index in [0.717, 1.165) is 24.0 Å². The van der Waals surface area contributed by atoms with Crippen molar-refractivity contribution in [3.63, 3.8) is 0 Å². The fourth-order valence-corrected chi connectivity index (χ4v) is 5.39. The quantitative estimate of drug-likeness (QED) is 0.732. The van der Waals surface area contributed by atoms with Gasteiger partial charge in [0.2, 0.25) is 0 Å². The Bertz CT molecular complexity index is 690. The van der Waals surface area contributed by atoms with Crippen LogP contribution in [0.4, 0.5) is 0 Å². The predicted molar refractivity (Wildman–Crippen MR) is 90.5 cm³/mol. The molecule has 2 aliphatic carbocycles. The summed E-state index contributed by atoms with van der Waals surface area (Å²) < 4.78 is 12.3. The third-order valence-electron chi connectivity index (χ3n) is 6.46. The van der Waals surface area contributed by atoms with Gasteiger partial charge in [-0.2, -0.15) is 0 Å². The van der Waals surface area contributed by atoms with Crippen LogP contribution in [0.2, 0.25) is 0 Å². The molecular weight excluding hydrogens is 306 g/mol. The molecule has 1 aromatic carbocycles. The second kappa shape index (κ2) is 5.22. The van der Waals surface area contributed by atoms with E-state index in [0.29, 0.717) is 18.7 Å². The molecule has 5 atom stereocenters. The minimum Gasteiger partial charge on any atom is -0.504 e. The van der Waals surface area contributed by atoms with Crippen LogP contribution in [0.25, 0.3) is 0 Å². The Morgan fingerprint density at radius 2 is 2.29 bits per heavy atom. The molecule has 4 rings (SSSR count). The summed E-state index contributed by atoms with van der Waals surface area (Å²) in [6.07, 6.45) is 3.02. The van der Waals surface area contributed by atoms with Gasteiger partial charge in [-0.1, -0.05) is 12.1 Å². The number of benzene rings is 1. The average Bonchev–Trinajstić information content (AvgIpc) is 2.91. The summed E-state index contributed by atoms with van der Waals surface area (Å²) in [6.45, 7) is 6.61. The number of phenolic OH excluding ortho intramolecular Hbond substituents is 1. The summed E-state index contributed by atoms with van der Waals surface area (Å²) >= 11 is 0. The zero-order valence-corrected chi connectivity index (χ0v) is 14.2. The van der Waals surface area contributed by atoms with Crippen molar-refractivity contribution in [3.8, 4) is 11.5 Å². The summed E-state index contributed by atoms with van der Waals surface area (Å²) in [6, 6.07) is 3.74. The third kappa shape index (κ3) is 1.70. The molecule has 0 bridgehead atoms. The highest BCUT2D eigenvalue weighted by Crippen LogP contribution is 2.62. The summed E-state index contributed by atoms with van der Waals surface area (Å²) in [5.74, 6) is 0.656. The van der Waals surface area contributed by atoms with E-state index in [1.165, 1.54) is 0 Å². The lowest BCUT2D eigenvalue weighted by atomic mass is 9.52. The Labute approximate surface area is 142 Å². The van der Waals surface area contributed by atoms with Crippen LogP contribution in [-0.4, -0.2) is 47.7 Å². The van der Waals surface area contributed by atoms with Gasteiger partial charge in [0.1, 0.15) is 6.10 Å². The molecule has 130 valence electrons. The van der Waals surface area contributed by atoms with Gasteiger partial charge in [-0.05, 0) is 37.8 Å². The minimum atomic E-state index is -0.573. The lowest BCUT2D eigenvalue weighted by Gasteiger charge is -2.58. The van der Waals surface area contributed by atoms with Crippen molar-refractivity contribution < 1.29 is 19.7 Å². The fraction of sp³-hybridized carbons (Fsp3) is 0.579. The van der Waals surface area contributed by atoms with E-state index in [2.05, 4.69) is 18.8 Å². The average molecular weight is 331 g/mol. The van der Waals surface area contributed by atoms with Crippen molar-refractivity contribution >= 4 is 0 Å². The number of aromatic hydroxyl groups is 1. The number of hydrogen-bond donors (Lipinski definition) is 3. The van der Waals surface area contributed by atoms with E-state index in [4.69, 9.17) is 9.47 Å². The molecule has 1 heterocycles. The second-order valence-corrected chi connectivity index (χ2v) is 7.34. The van der Waals surface area contributed by atoms with Crippen molar-refractivity contribution in [1.29, 1.82) is 0 Å². The summed E-state index contributed by atoms with van der Waals surface area (Å²) in [5.41, 5.74) is 1.15. The number of nitrogens with one attached hydrogen (secondary N) is 1. The van der Waals surface area contributed by atoms with Crippen LogP contribution >= 0.6 is 0 Å². The number of aliphatic hydroxyl groups excluding tert-OH is 1. The van der Waals surface area contributed by atoms with E-state index in [1.54, 1.807) is 13.2 Å². The molecular formula is C19H25NO4. The first kappa shape index (κ1) is 15.9. The van der Waals surface area contributed by atoms with E-state index < -0.39 is 23.2 Å². The lowest BCUT2D eigenvalue weighted by Crippen LogP contribution is -2.73. The molecule has 0 spiro atoms. The molecule has 2 unspecified atom stereocenters. The number of hydrogen-bond acceptors (Lipinski definition) is 5. The molecule has 1 aliphatic heterocycles. The summed E-state index contributed by atoms with van der Waals surface area (Å²) in [7, 11) is 1.74. The first-order valence-electron chi connectivity index (χ1n) is 8.59. The van der Waals surface area contributed by atoms with E-state index in [9.17, 15) is 10.2 Å². The SMILES string of the molecule is C=CCN[C@H]1Cc2ccc(O)c3c2C2(C)[C@H](O3)C(O)CC[C@]12OC. The second-order valence-electron chi connectivity index (χ2n) is 7.34. The van der Waals surface area contributed by atoms with Crippen LogP contribution in [0.15, 0.2) is 24.8 Å². The smallest absolute Gasteiger partial charge is 0.165 e. The largest absolute Gasteiger partial charge is 0.504 e. The van der Waals surface area contributed by atoms with Gasteiger partial charge in [0.05, 0.1) is 17.1 Å². The zero-order chi connectivity index (χ0) is 17.1. The Morgan fingerprint density at radius 3 is 3.00 bits per heavy atom. The number of phenols is 1. The molecule has 1 fully saturated rings. The van der Waals surface area contributed by atoms with Gasteiger partial charge in [-0.3, -0.25) is 0 Å². The lowest BCUT2D eigenvalue weighted by molar-refractivity contribution is -0.175. The van der Waals surface area contributed by atoms with Gasteiger partial charge in [0.15, 0.2) is 11.5 Å². The van der Waals surface area contributed by atoms with Crippen LogP contribution in [0.5, 0.6) is 11.5 Å². The van der Waals surface area contributed by atoms with E-state index in [1.807, 2.05) is 12.1 Å². The van der Waals surface area contributed by atoms with Crippen molar-refractivity contribution in [1.82, 2.24) is 5.32 Å². The first-order valence-corrected chi connectivity index (χ1v) is 8.59. The molecule has 3 N–H and O–H groups in total. The first-order chi connectivity index (χ1) is 11.5. The van der Waals surface area contributed by atoms with Crippen molar-refractivity contribution in [2.75, 3.05) is 13.7 Å². The molecule has 1 saturated carbocycles. The maximum absolute atomic E-state index is 10.6. The summed E-state index contributed by atoms with van der Waals surface area (Å²) in [5, 5.41) is 24.5. The van der Waals surface area contributed by atoms with Gasteiger partial charge < -0.3 is 25.0 Å². The van der Waals surface area contributed by atoms with Crippen LogP contribution in [-0.2, 0) is 16.6 Å². The maximum Gasteiger partial charge on any atom is 0.165 e. The van der Waals surface area contributed by atoms with E-state index >= 15 is 0 Å². The minimum absolute atomic E-state index is 0.0899. The van der Waals surface area contributed by atoms with Gasteiger partial charge in [0, 0.05) is 25.3 Å². The van der Waals surface area contributed by atoms with Gasteiger partial charge in [-0.25, -0.2) is 0 Å². The van der Waals surface area contributed by atoms with Crippen molar-refractivity contribution in [3.05, 3.63) is 35.9 Å². The molecule has 5 heteroatoms. The van der Waals surface area contributed by atoms with Gasteiger partial charge in [0.25, 0.3) is 0 Å². The molecule has 3 aliphatic rings. The molecule has 0 saturated heterocycles. The number of ether oxygens (including phenoxy) is 2. The Morgan fingerprint density at radius 1 is 1.50 bits per heavy atom. The van der Waals surface area contributed by atoms with Gasteiger partial charge >= 0.3 is 0 Å². The predicted octanol–water partition coefficient (Wildman–Crippen LogP) is 1.65. The maximum atomic E-state index is 10.6. The van der Waals surface area contributed by atoms with Crippen LogP contribution in [0.1, 0.15) is 30.9 Å². The van der Waals surface area contributed by atoms with Gasteiger partial charge in [-0.15, -0.1) is 6.58 Å². The van der Waals surface area contributed by atoms with Crippen molar-refractivity contribution in [2.24, 2.45) is 0 Å². The summed E-state index contributed by atoms with van der Waals surface area (Å²) in [4.78, 5) is 0. The molecule has 5 nitrogen and oxygen atoms in total. The normalized spacial score (nSPS) is 39.2. The van der Waals surface area contributed by atoms with Crippen molar-refractivity contribution in [2.45, 2.75) is 55.5 Å². The number of methoxy groups -OCH3 is 1. The number of aliphatic hydroxyl groups is 1. The highest BCUT2D eigenvalue weighted by Gasteiger charge is 2.69. The molecule has 24 heavy (non-hydrogen) atoms. The molecule has 1 aromatic rings. The molecule has 0 aromatic heterocycles.